The van der Waals surface area contributed by atoms with Crippen molar-refractivity contribution in [2.75, 3.05) is 38.7 Å². The third kappa shape index (κ3) is 3.94. The molecule has 0 unspecified atom stereocenters. The molecule has 7 heteroatoms. The lowest BCUT2D eigenvalue weighted by molar-refractivity contribution is -0.136. The molecular formula is C17H20N2O5. The molecule has 0 spiro atoms. The molecule has 0 saturated heterocycles. The second kappa shape index (κ2) is 8.16. The van der Waals surface area contributed by atoms with E-state index >= 15 is 0 Å². The highest BCUT2D eigenvalue weighted by atomic mass is 16.5. The van der Waals surface area contributed by atoms with Gasteiger partial charge in [-0.15, -0.1) is 0 Å². The minimum absolute atomic E-state index is 0.0983. The van der Waals surface area contributed by atoms with E-state index in [1.165, 1.54) is 12.0 Å². The van der Waals surface area contributed by atoms with Gasteiger partial charge in [-0.25, -0.2) is 4.79 Å². The van der Waals surface area contributed by atoms with Gasteiger partial charge in [0.1, 0.15) is 18.1 Å². The Kier molecular flexibility index (Phi) is 5.97. The molecular weight excluding hydrogens is 312 g/mol. The van der Waals surface area contributed by atoms with Crippen LogP contribution < -0.4 is 10.1 Å². The molecule has 0 bridgehead atoms. The van der Waals surface area contributed by atoms with Crippen LogP contribution in [0.3, 0.4) is 0 Å². The Labute approximate surface area is 140 Å². The molecule has 1 aromatic rings. The van der Waals surface area contributed by atoms with E-state index in [-0.39, 0.29) is 36.9 Å². The second-order valence-electron chi connectivity index (χ2n) is 5.05. The molecule has 24 heavy (non-hydrogen) atoms. The molecule has 0 aliphatic carbocycles. The zero-order chi connectivity index (χ0) is 17.5. The van der Waals surface area contributed by atoms with Crippen molar-refractivity contribution < 1.29 is 24.2 Å². The number of anilines is 1. The third-order valence-electron chi connectivity index (χ3n) is 3.42. The number of aliphatic hydroxyl groups excluding tert-OH is 1. The van der Waals surface area contributed by atoms with Crippen LogP contribution in [-0.2, 0) is 14.3 Å². The van der Waals surface area contributed by atoms with Gasteiger partial charge >= 0.3 is 5.97 Å². The summed E-state index contributed by atoms with van der Waals surface area (Å²) in [5.41, 5.74) is 0.983. The normalized spacial score (nSPS) is 13.9. The average Bonchev–Trinajstić information content (AvgIpc) is 2.89. The van der Waals surface area contributed by atoms with Gasteiger partial charge in [0.05, 0.1) is 25.8 Å². The number of carbonyl (C=O) groups is 2. The van der Waals surface area contributed by atoms with E-state index in [1.54, 1.807) is 30.3 Å². The number of rotatable bonds is 8. The molecule has 2 rings (SSSR count). The van der Waals surface area contributed by atoms with Crippen molar-refractivity contribution in [1.29, 1.82) is 0 Å². The second-order valence-corrected chi connectivity index (χ2v) is 5.05. The number of aliphatic hydroxyl groups is 1. The summed E-state index contributed by atoms with van der Waals surface area (Å²) in [5, 5.41) is 12.0. The summed E-state index contributed by atoms with van der Waals surface area (Å²) in [5.74, 6) is -0.329. The maximum Gasteiger partial charge on any atom is 0.337 e. The van der Waals surface area contributed by atoms with Crippen LogP contribution in [0.5, 0.6) is 5.75 Å². The Balaban J connectivity index is 2.25. The number of methoxy groups -OCH3 is 1. The SMILES string of the molecule is C=CCOc1cccc(NC2=C(C(=O)OC)CN(CCO)C2=O)c1. The van der Waals surface area contributed by atoms with Crippen LogP contribution in [0.25, 0.3) is 0 Å². The van der Waals surface area contributed by atoms with Gasteiger partial charge in [-0.1, -0.05) is 18.7 Å². The van der Waals surface area contributed by atoms with E-state index in [0.29, 0.717) is 18.0 Å². The summed E-state index contributed by atoms with van der Waals surface area (Å²) in [4.78, 5) is 25.7. The lowest BCUT2D eigenvalue weighted by atomic mass is 10.2. The molecule has 0 fully saturated rings. The topological polar surface area (TPSA) is 88.1 Å². The van der Waals surface area contributed by atoms with E-state index in [0.717, 1.165) is 0 Å². The number of nitrogens with one attached hydrogen (secondary N) is 1. The first kappa shape index (κ1) is 17.6. The minimum atomic E-state index is -0.578. The molecule has 1 aromatic carbocycles. The van der Waals surface area contributed by atoms with Crippen molar-refractivity contribution in [3.8, 4) is 5.75 Å². The Morgan fingerprint density at radius 2 is 2.29 bits per heavy atom. The monoisotopic (exact) mass is 332 g/mol. The van der Waals surface area contributed by atoms with Crippen LogP contribution in [-0.4, -0.2) is 55.3 Å². The predicted octanol–water partition coefficient (Wildman–Crippen LogP) is 0.925. The highest BCUT2D eigenvalue weighted by Gasteiger charge is 2.34. The number of esters is 1. The Morgan fingerprint density at radius 1 is 1.50 bits per heavy atom. The van der Waals surface area contributed by atoms with Gasteiger partial charge in [-0.2, -0.15) is 0 Å². The van der Waals surface area contributed by atoms with Gasteiger partial charge in [0.15, 0.2) is 0 Å². The van der Waals surface area contributed by atoms with Gasteiger partial charge in [0, 0.05) is 18.3 Å². The van der Waals surface area contributed by atoms with E-state index in [1.807, 2.05) is 0 Å². The van der Waals surface area contributed by atoms with Crippen molar-refractivity contribution in [1.82, 2.24) is 4.90 Å². The molecule has 1 amide bonds. The number of benzene rings is 1. The molecule has 1 aliphatic heterocycles. The van der Waals surface area contributed by atoms with Crippen molar-refractivity contribution in [3.63, 3.8) is 0 Å². The van der Waals surface area contributed by atoms with Gasteiger partial charge in [0.2, 0.25) is 0 Å². The molecule has 0 radical (unpaired) electrons. The van der Waals surface area contributed by atoms with E-state index in [2.05, 4.69) is 11.9 Å². The van der Waals surface area contributed by atoms with Crippen LogP contribution in [0.2, 0.25) is 0 Å². The number of hydrogen-bond acceptors (Lipinski definition) is 6. The maximum absolute atomic E-state index is 12.4. The predicted molar refractivity (Wildman–Crippen MR) is 88.5 cm³/mol. The fourth-order valence-electron chi connectivity index (χ4n) is 2.31. The van der Waals surface area contributed by atoms with E-state index in [4.69, 9.17) is 14.6 Å². The van der Waals surface area contributed by atoms with Crippen molar-refractivity contribution in [3.05, 3.63) is 48.2 Å². The molecule has 7 nitrogen and oxygen atoms in total. The van der Waals surface area contributed by atoms with Gasteiger partial charge in [-0.05, 0) is 12.1 Å². The highest BCUT2D eigenvalue weighted by molar-refractivity contribution is 6.08. The fraction of sp³-hybridized carbons (Fsp3) is 0.294. The minimum Gasteiger partial charge on any atom is -0.489 e. The number of carbonyl (C=O) groups excluding carboxylic acids is 2. The Bertz CT molecular complexity index is 669. The average molecular weight is 332 g/mol. The number of nitrogens with zero attached hydrogens (tertiary/aromatic N) is 1. The van der Waals surface area contributed by atoms with E-state index in [9.17, 15) is 9.59 Å². The number of ether oxygens (including phenoxy) is 2. The van der Waals surface area contributed by atoms with Crippen LogP contribution in [0.1, 0.15) is 0 Å². The highest BCUT2D eigenvalue weighted by Crippen LogP contribution is 2.24. The van der Waals surface area contributed by atoms with Crippen molar-refractivity contribution in [2.45, 2.75) is 0 Å². The first-order valence-corrected chi connectivity index (χ1v) is 7.43. The molecule has 0 atom stereocenters. The maximum atomic E-state index is 12.4. The summed E-state index contributed by atoms with van der Waals surface area (Å²) >= 11 is 0. The largest absolute Gasteiger partial charge is 0.489 e. The molecule has 1 aliphatic rings. The quantitative estimate of drug-likeness (QED) is 0.544. The lowest BCUT2D eigenvalue weighted by Crippen LogP contribution is -2.31. The molecule has 0 aromatic heterocycles. The van der Waals surface area contributed by atoms with Gasteiger partial charge in [0.25, 0.3) is 5.91 Å². The first-order valence-electron chi connectivity index (χ1n) is 7.43. The Morgan fingerprint density at radius 3 is 2.96 bits per heavy atom. The number of hydrogen-bond donors (Lipinski definition) is 2. The zero-order valence-electron chi connectivity index (χ0n) is 13.4. The Hall–Kier alpha value is -2.80. The summed E-state index contributed by atoms with van der Waals surface area (Å²) in [6.45, 7) is 4.01. The third-order valence-corrected chi connectivity index (χ3v) is 3.42. The fourth-order valence-corrected chi connectivity index (χ4v) is 2.31. The van der Waals surface area contributed by atoms with Crippen LogP contribution >= 0.6 is 0 Å². The summed E-state index contributed by atoms with van der Waals surface area (Å²) < 4.78 is 10.2. The standard InChI is InChI=1S/C17H20N2O5/c1-3-9-24-13-6-4-5-12(10-13)18-15-14(17(22)23-2)11-19(7-8-20)16(15)21/h3-6,10,18,20H,1,7-9,11H2,2H3. The molecule has 1 heterocycles. The van der Waals surface area contributed by atoms with Gasteiger partial charge < -0.3 is 24.8 Å². The van der Waals surface area contributed by atoms with Crippen LogP contribution in [0, 0.1) is 0 Å². The van der Waals surface area contributed by atoms with Crippen LogP contribution in [0.4, 0.5) is 5.69 Å². The van der Waals surface area contributed by atoms with E-state index < -0.39 is 5.97 Å². The molecule has 128 valence electrons. The first-order chi connectivity index (χ1) is 11.6. The smallest absolute Gasteiger partial charge is 0.337 e. The van der Waals surface area contributed by atoms with Crippen molar-refractivity contribution >= 4 is 17.6 Å². The number of amides is 1. The van der Waals surface area contributed by atoms with Crippen LogP contribution in [0.15, 0.2) is 48.2 Å². The summed E-state index contributed by atoms with van der Waals surface area (Å²) in [7, 11) is 1.26. The molecule has 0 saturated carbocycles. The van der Waals surface area contributed by atoms with Crippen molar-refractivity contribution in [2.24, 2.45) is 0 Å². The zero-order valence-corrected chi connectivity index (χ0v) is 13.4. The molecule has 2 N–H and O–H groups in total. The lowest BCUT2D eigenvalue weighted by Gasteiger charge is -2.15. The summed E-state index contributed by atoms with van der Waals surface area (Å²) in [6.07, 6.45) is 1.63. The van der Waals surface area contributed by atoms with Gasteiger partial charge in [-0.3, -0.25) is 4.79 Å². The number of β-amino-alcohol motifs (C(OH)–C–C–N with tert-alkyl or cyclic N) is 1. The summed E-state index contributed by atoms with van der Waals surface area (Å²) in [6, 6.07) is 7.01.